The molecule has 0 heterocycles. The van der Waals surface area contributed by atoms with Crippen LogP contribution in [0.4, 0.5) is 5.69 Å². The minimum atomic E-state index is 0.0421. The highest BCUT2D eigenvalue weighted by molar-refractivity contribution is 6.34. The molecule has 5 heteroatoms. The summed E-state index contributed by atoms with van der Waals surface area (Å²) in [6.07, 6.45) is 5.09. The maximum absolute atomic E-state index is 8.70. The van der Waals surface area contributed by atoms with Gasteiger partial charge in [-0.3, -0.25) is 0 Å². The molecule has 104 valence electrons. The lowest BCUT2D eigenvalue weighted by molar-refractivity contribution is 0.318. The van der Waals surface area contributed by atoms with Crippen LogP contribution in [0.15, 0.2) is 23.4 Å². The monoisotopic (exact) mass is 281 g/mol. The van der Waals surface area contributed by atoms with Crippen LogP contribution in [0.1, 0.15) is 38.2 Å². The molecule has 1 aliphatic carbocycles. The minimum Gasteiger partial charge on any atom is -0.409 e. The summed E-state index contributed by atoms with van der Waals surface area (Å²) in [6.45, 7) is 3.12. The fourth-order valence-corrected chi connectivity index (χ4v) is 3.08. The van der Waals surface area contributed by atoms with Crippen LogP contribution in [0, 0.1) is 0 Å². The molecule has 4 nitrogen and oxygen atoms in total. The van der Waals surface area contributed by atoms with Crippen LogP contribution >= 0.6 is 11.6 Å². The van der Waals surface area contributed by atoms with Crippen LogP contribution in [0.5, 0.6) is 0 Å². The minimum absolute atomic E-state index is 0.0421. The zero-order valence-electron chi connectivity index (χ0n) is 11.1. The van der Waals surface area contributed by atoms with Gasteiger partial charge < -0.3 is 15.8 Å². The molecule has 0 bridgehead atoms. The number of nitrogens with zero attached hydrogens (tertiary/aromatic N) is 2. The van der Waals surface area contributed by atoms with Gasteiger partial charge in [-0.25, -0.2) is 0 Å². The summed E-state index contributed by atoms with van der Waals surface area (Å²) in [4.78, 5) is 2.38. The number of amidine groups is 1. The SMILES string of the molecule is CCN(c1ccc(C(N)=NO)c(Cl)c1)C1CCCC1. The number of rotatable bonds is 4. The lowest BCUT2D eigenvalue weighted by Gasteiger charge is -2.30. The largest absolute Gasteiger partial charge is 0.409 e. The predicted octanol–water partition coefficient (Wildman–Crippen LogP) is 3.20. The average Bonchev–Trinajstić information content (AvgIpc) is 2.93. The molecule has 0 unspecified atom stereocenters. The van der Waals surface area contributed by atoms with Crippen molar-refractivity contribution in [3.8, 4) is 0 Å². The van der Waals surface area contributed by atoms with Crippen molar-refractivity contribution in [2.24, 2.45) is 10.9 Å². The van der Waals surface area contributed by atoms with Crippen molar-refractivity contribution in [3.63, 3.8) is 0 Å². The quantitative estimate of drug-likeness (QED) is 0.386. The molecule has 2 rings (SSSR count). The molecule has 0 spiro atoms. The molecule has 0 saturated heterocycles. The first kappa shape index (κ1) is 14.0. The van der Waals surface area contributed by atoms with E-state index in [0.717, 1.165) is 12.2 Å². The molecule has 19 heavy (non-hydrogen) atoms. The van der Waals surface area contributed by atoms with Gasteiger partial charge in [-0.05, 0) is 38.0 Å². The van der Waals surface area contributed by atoms with E-state index in [-0.39, 0.29) is 5.84 Å². The van der Waals surface area contributed by atoms with E-state index in [2.05, 4.69) is 17.0 Å². The number of nitrogens with two attached hydrogens (primary N) is 1. The fourth-order valence-electron chi connectivity index (χ4n) is 2.81. The number of benzene rings is 1. The highest BCUT2D eigenvalue weighted by Crippen LogP contribution is 2.30. The van der Waals surface area contributed by atoms with Gasteiger partial charge in [0.1, 0.15) is 0 Å². The lowest BCUT2D eigenvalue weighted by Crippen LogP contribution is -2.33. The Balaban J connectivity index is 2.27. The van der Waals surface area contributed by atoms with Gasteiger partial charge in [0.15, 0.2) is 5.84 Å². The van der Waals surface area contributed by atoms with Crippen molar-refractivity contribution in [1.82, 2.24) is 0 Å². The van der Waals surface area contributed by atoms with Gasteiger partial charge in [-0.1, -0.05) is 29.6 Å². The molecule has 0 aromatic heterocycles. The molecule has 0 radical (unpaired) electrons. The predicted molar refractivity (Wildman–Crippen MR) is 79.2 cm³/mol. The Labute approximate surface area is 118 Å². The second kappa shape index (κ2) is 6.15. The molecule has 1 aromatic rings. The van der Waals surface area contributed by atoms with Gasteiger partial charge in [-0.15, -0.1) is 0 Å². The van der Waals surface area contributed by atoms with Gasteiger partial charge in [0, 0.05) is 23.8 Å². The maximum Gasteiger partial charge on any atom is 0.171 e. The molecule has 1 aliphatic rings. The van der Waals surface area contributed by atoms with E-state index in [1.54, 1.807) is 0 Å². The third-order valence-electron chi connectivity index (χ3n) is 3.77. The van der Waals surface area contributed by atoms with Gasteiger partial charge in [0.25, 0.3) is 0 Å². The lowest BCUT2D eigenvalue weighted by atomic mass is 10.1. The number of hydrogen-bond donors (Lipinski definition) is 2. The third-order valence-corrected chi connectivity index (χ3v) is 4.09. The summed E-state index contributed by atoms with van der Waals surface area (Å²) in [7, 11) is 0. The average molecular weight is 282 g/mol. The van der Waals surface area contributed by atoms with E-state index in [4.69, 9.17) is 22.5 Å². The zero-order valence-corrected chi connectivity index (χ0v) is 11.9. The molecule has 1 saturated carbocycles. The first-order valence-electron chi connectivity index (χ1n) is 6.71. The summed E-state index contributed by atoms with van der Waals surface area (Å²) >= 11 is 6.21. The zero-order chi connectivity index (χ0) is 13.8. The Hall–Kier alpha value is -1.42. The van der Waals surface area contributed by atoms with Crippen molar-refractivity contribution < 1.29 is 5.21 Å². The summed E-state index contributed by atoms with van der Waals surface area (Å²) < 4.78 is 0. The number of halogens is 1. The summed E-state index contributed by atoms with van der Waals surface area (Å²) in [5.74, 6) is 0.0421. The smallest absolute Gasteiger partial charge is 0.171 e. The molecule has 1 aromatic carbocycles. The fraction of sp³-hybridized carbons (Fsp3) is 0.500. The van der Waals surface area contributed by atoms with Crippen molar-refractivity contribution >= 4 is 23.1 Å². The molecular weight excluding hydrogens is 262 g/mol. The van der Waals surface area contributed by atoms with Gasteiger partial charge in [0.2, 0.25) is 0 Å². The highest BCUT2D eigenvalue weighted by Gasteiger charge is 2.22. The van der Waals surface area contributed by atoms with Crippen LogP contribution in [-0.2, 0) is 0 Å². The molecule has 0 atom stereocenters. The van der Waals surface area contributed by atoms with Crippen LogP contribution in [0.2, 0.25) is 5.02 Å². The Morgan fingerprint density at radius 1 is 1.47 bits per heavy atom. The molecular formula is C14H20ClN3O. The van der Waals surface area contributed by atoms with Crippen LogP contribution in [0.3, 0.4) is 0 Å². The van der Waals surface area contributed by atoms with E-state index < -0.39 is 0 Å². The van der Waals surface area contributed by atoms with Gasteiger partial charge in [-0.2, -0.15) is 0 Å². The van der Waals surface area contributed by atoms with Crippen LogP contribution in [-0.4, -0.2) is 23.6 Å². The highest BCUT2D eigenvalue weighted by atomic mass is 35.5. The maximum atomic E-state index is 8.70. The summed E-state index contributed by atoms with van der Waals surface area (Å²) in [5, 5.41) is 12.2. The number of hydrogen-bond acceptors (Lipinski definition) is 3. The van der Waals surface area contributed by atoms with Gasteiger partial charge >= 0.3 is 0 Å². The standard InChI is InChI=1S/C14H20ClN3O/c1-2-18(10-5-3-4-6-10)11-7-8-12(13(15)9-11)14(16)17-19/h7-10,19H,2-6H2,1H3,(H2,16,17). The van der Waals surface area contributed by atoms with E-state index in [1.807, 2.05) is 18.2 Å². The van der Waals surface area contributed by atoms with E-state index in [1.165, 1.54) is 25.7 Å². The first-order valence-corrected chi connectivity index (χ1v) is 7.09. The van der Waals surface area contributed by atoms with Crippen LogP contribution in [0.25, 0.3) is 0 Å². The van der Waals surface area contributed by atoms with E-state index in [9.17, 15) is 0 Å². The van der Waals surface area contributed by atoms with E-state index in [0.29, 0.717) is 16.6 Å². The van der Waals surface area contributed by atoms with Crippen molar-refractivity contribution in [3.05, 3.63) is 28.8 Å². The normalized spacial score (nSPS) is 16.8. The Kier molecular flexibility index (Phi) is 4.53. The number of anilines is 1. The Bertz CT molecular complexity index is 470. The molecule has 3 N–H and O–H groups in total. The summed E-state index contributed by atoms with van der Waals surface area (Å²) in [5.41, 5.74) is 7.25. The van der Waals surface area contributed by atoms with Crippen molar-refractivity contribution in [2.75, 3.05) is 11.4 Å². The number of oxime groups is 1. The summed E-state index contributed by atoms with van der Waals surface area (Å²) in [6, 6.07) is 6.30. The topological polar surface area (TPSA) is 61.8 Å². The Morgan fingerprint density at radius 2 is 2.16 bits per heavy atom. The van der Waals surface area contributed by atoms with Crippen molar-refractivity contribution in [1.29, 1.82) is 0 Å². The van der Waals surface area contributed by atoms with Crippen LogP contribution < -0.4 is 10.6 Å². The Morgan fingerprint density at radius 3 is 2.68 bits per heavy atom. The second-order valence-electron chi connectivity index (χ2n) is 4.87. The van der Waals surface area contributed by atoms with E-state index >= 15 is 0 Å². The van der Waals surface area contributed by atoms with Gasteiger partial charge in [0.05, 0.1) is 5.02 Å². The molecule has 0 amide bonds. The third kappa shape index (κ3) is 2.95. The first-order chi connectivity index (χ1) is 9.17. The molecule has 0 aliphatic heterocycles. The second-order valence-corrected chi connectivity index (χ2v) is 5.28. The molecule has 1 fully saturated rings. The van der Waals surface area contributed by atoms with Crippen molar-refractivity contribution in [2.45, 2.75) is 38.6 Å².